The van der Waals surface area contributed by atoms with Crippen LogP contribution in [-0.4, -0.2) is 22.6 Å². The van der Waals surface area contributed by atoms with Gasteiger partial charge in [-0.05, 0) is 45.4 Å². The smallest absolute Gasteiger partial charge is 0.222 e. The van der Waals surface area contributed by atoms with E-state index in [0.29, 0.717) is 6.10 Å². The van der Waals surface area contributed by atoms with Gasteiger partial charge >= 0.3 is 0 Å². The number of nitrogens with one attached hydrogen (secondary N) is 1. The predicted molar refractivity (Wildman–Crippen MR) is 87.0 cm³/mol. The van der Waals surface area contributed by atoms with Gasteiger partial charge in [-0.1, -0.05) is 26.7 Å². The number of nitrogens with zero attached hydrogens (tertiary/aromatic N) is 2. The highest BCUT2D eigenvalue weighted by Gasteiger charge is 2.23. The lowest BCUT2D eigenvalue weighted by molar-refractivity contribution is 0.116. The van der Waals surface area contributed by atoms with Gasteiger partial charge in [0.15, 0.2) is 0 Å². The zero-order valence-corrected chi connectivity index (χ0v) is 13.9. The Morgan fingerprint density at radius 2 is 2.00 bits per heavy atom. The van der Waals surface area contributed by atoms with Crippen LogP contribution in [0.1, 0.15) is 63.8 Å². The van der Waals surface area contributed by atoms with E-state index < -0.39 is 0 Å². The molecule has 1 aliphatic carbocycles. The van der Waals surface area contributed by atoms with Crippen LogP contribution in [0, 0.1) is 19.8 Å². The van der Waals surface area contributed by atoms with Gasteiger partial charge in [-0.15, -0.1) is 0 Å². The molecule has 1 fully saturated rings. The predicted octanol–water partition coefficient (Wildman–Crippen LogP) is 4.26. The van der Waals surface area contributed by atoms with E-state index in [1.165, 1.54) is 19.3 Å². The molecule has 1 aliphatic rings. The molecule has 2 atom stereocenters. The maximum atomic E-state index is 6.23. The van der Waals surface area contributed by atoms with E-state index in [9.17, 15) is 0 Å². The van der Waals surface area contributed by atoms with E-state index in [1.807, 2.05) is 13.8 Å². The molecule has 4 nitrogen and oxygen atoms in total. The van der Waals surface area contributed by atoms with E-state index in [0.717, 1.165) is 54.8 Å². The quantitative estimate of drug-likeness (QED) is 0.850. The molecule has 0 aliphatic heterocycles. The first-order valence-corrected chi connectivity index (χ1v) is 8.39. The Kier molecular flexibility index (Phi) is 5.83. The molecule has 0 saturated heterocycles. The van der Waals surface area contributed by atoms with Crippen LogP contribution in [0.5, 0.6) is 5.88 Å². The number of aryl methyl sites for hydroxylation is 1. The maximum absolute atomic E-state index is 6.23. The molecule has 0 radical (unpaired) electrons. The van der Waals surface area contributed by atoms with Crippen molar-refractivity contribution >= 4 is 5.82 Å². The number of ether oxygens (including phenoxy) is 1. The van der Waals surface area contributed by atoms with Crippen molar-refractivity contribution < 1.29 is 4.74 Å². The fraction of sp³-hybridized carbons (Fsp3) is 0.765. The van der Waals surface area contributed by atoms with Gasteiger partial charge in [0.1, 0.15) is 17.7 Å². The summed E-state index contributed by atoms with van der Waals surface area (Å²) in [6.45, 7) is 9.34. The summed E-state index contributed by atoms with van der Waals surface area (Å²) in [7, 11) is 0. The van der Waals surface area contributed by atoms with Gasteiger partial charge < -0.3 is 10.1 Å². The third-order valence-electron chi connectivity index (χ3n) is 4.35. The first-order chi connectivity index (χ1) is 10.1. The highest BCUT2D eigenvalue weighted by atomic mass is 16.5. The van der Waals surface area contributed by atoms with Crippen LogP contribution in [0.4, 0.5) is 5.82 Å². The van der Waals surface area contributed by atoms with Crippen molar-refractivity contribution in [1.29, 1.82) is 0 Å². The van der Waals surface area contributed by atoms with Crippen molar-refractivity contribution in [2.24, 2.45) is 5.92 Å². The van der Waals surface area contributed by atoms with Gasteiger partial charge in [0.2, 0.25) is 5.88 Å². The minimum Gasteiger partial charge on any atom is -0.474 e. The monoisotopic (exact) mass is 291 g/mol. The summed E-state index contributed by atoms with van der Waals surface area (Å²) >= 11 is 0. The van der Waals surface area contributed by atoms with Crippen molar-refractivity contribution in [1.82, 2.24) is 9.97 Å². The van der Waals surface area contributed by atoms with Gasteiger partial charge in [-0.25, -0.2) is 4.98 Å². The summed E-state index contributed by atoms with van der Waals surface area (Å²) in [5.74, 6) is 3.27. The fourth-order valence-electron chi connectivity index (χ4n) is 3.01. The molecule has 21 heavy (non-hydrogen) atoms. The van der Waals surface area contributed by atoms with E-state index in [2.05, 4.69) is 29.1 Å². The average Bonchev–Trinajstić information content (AvgIpc) is 2.49. The van der Waals surface area contributed by atoms with Gasteiger partial charge in [-0.2, -0.15) is 4.98 Å². The van der Waals surface area contributed by atoms with Crippen LogP contribution in [0.3, 0.4) is 0 Å². The van der Waals surface area contributed by atoms with E-state index >= 15 is 0 Å². The van der Waals surface area contributed by atoms with E-state index in [4.69, 9.17) is 4.74 Å². The molecule has 0 bridgehead atoms. The zero-order valence-electron chi connectivity index (χ0n) is 13.9. The van der Waals surface area contributed by atoms with Crippen LogP contribution in [0.25, 0.3) is 0 Å². The topological polar surface area (TPSA) is 47.0 Å². The van der Waals surface area contributed by atoms with E-state index in [-0.39, 0.29) is 0 Å². The van der Waals surface area contributed by atoms with Crippen LogP contribution in [0.15, 0.2) is 0 Å². The molecule has 118 valence electrons. The number of hydrogen-bond donors (Lipinski definition) is 1. The van der Waals surface area contributed by atoms with Gasteiger partial charge in [0, 0.05) is 6.54 Å². The Labute approximate surface area is 128 Å². The Balaban J connectivity index is 2.09. The molecule has 2 unspecified atom stereocenters. The summed E-state index contributed by atoms with van der Waals surface area (Å²) in [4.78, 5) is 9.01. The minimum atomic E-state index is 0.315. The van der Waals surface area contributed by atoms with Gasteiger partial charge in [0.05, 0.1) is 5.56 Å². The van der Waals surface area contributed by atoms with Gasteiger partial charge in [0.25, 0.3) is 0 Å². The van der Waals surface area contributed by atoms with Crippen LogP contribution < -0.4 is 10.1 Å². The van der Waals surface area contributed by atoms with Crippen molar-refractivity contribution in [3.63, 3.8) is 0 Å². The second-order valence-corrected chi connectivity index (χ2v) is 6.16. The maximum Gasteiger partial charge on any atom is 0.222 e. The number of anilines is 1. The highest BCUT2D eigenvalue weighted by Crippen LogP contribution is 2.31. The lowest BCUT2D eigenvalue weighted by Gasteiger charge is -2.29. The van der Waals surface area contributed by atoms with Crippen molar-refractivity contribution in [2.75, 3.05) is 11.9 Å². The van der Waals surface area contributed by atoms with Crippen molar-refractivity contribution in [2.45, 2.75) is 72.3 Å². The average molecular weight is 291 g/mol. The highest BCUT2D eigenvalue weighted by molar-refractivity contribution is 5.48. The molecule has 1 heterocycles. The molecule has 2 rings (SSSR count). The summed E-state index contributed by atoms with van der Waals surface area (Å²) in [5.41, 5.74) is 1.03. The van der Waals surface area contributed by atoms with Crippen LogP contribution >= 0.6 is 0 Å². The van der Waals surface area contributed by atoms with Crippen LogP contribution in [0.2, 0.25) is 0 Å². The number of hydrogen-bond acceptors (Lipinski definition) is 4. The first-order valence-electron chi connectivity index (χ1n) is 8.39. The molecule has 1 N–H and O–H groups in total. The first kappa shape index (κ1) is 16.1. The molecule has 0 spiro atoms. The zero-order chi connectivity index (χ0) is 15.2. The molecule has 0 amide bonds. The largest absolute Gasteiger partial charge is 0.474 e. The molecular weight excluding hydrogens is 262 g/mol. The Morgan fingerprint density at radius 1 is 1.19 bits per heavy atom. The fourth-order valence-corrected chi connectivity index (χ4v) is 3.01. The van der Waals surface area contributed by atoms with Gasteiger partial charge in [-0.3, -0.25) is 0 Å². The third kappa shape index (κ3) is 4.32. The van der Waals surface area contributed by atoms with Crippen LogP contribution in [-0.2, 0) is 0 Å². The molecule has 1 saturated carbocycles. The van der Waals surface area contributed by atoms with Crippen molar-refractivity contribution in [3.8, 4) is 5.88 Å². The second kappa shape index (κ2) is 7.62. The summed E-state index contributed by atoms with van der Waals surface area (Å²) < 4.78 is 6.23. The molecular formula is C17H29N3O. The Morgan fingerprint density at radius 3 is 2.71 bits per heavy atom. The summed E-state index contributed by atoms with van der Waals surface area (Å²) in [5, 5.41) is 3.37. The number of rotatable bonds is 6. The molecule has 4 heteroatoms. The normalized spacial score (nSPS) is 22.1. The Hall–Kier alpha value is -1.32. The number of aromatic nitrogens is 2. The summed E-state index contributed by atoms with van der Waals surface area (Å²) in [6, 6.07) is 0. The second-order valence-electron chi connectivity index (χ2n) is 6.16. The molecule has 1 aromatic rings. The van der Waals surface area contributed by atoms with E-state index in [1.54, 1.807) is 0 Å². The SMILES string of the molecule is CCCNc1nc(C)nc(OC2CCCC(CC)C2)c1C. The standard InChI is InChI=1S/C17H29N3O/c1-5-10-18-16-12(3)17(20-13(4)19-16)21-15-9-7-8-14(6-2)11-15/h14-15H,5-11H2,1-4H3,(H,18,19,20). The lowest BCUT2D eigenvalue weighted by atomic mass is 9.85. The lowest BCUT2D eigenvalue weighted by Crippen LogP contribution is -2.26. The summed E-state index contributed by atoms with van der Waals surface area (Å²) in [6.07, 6.45) is 7.59. The molecule has 0 aromatic carbocycles. The third-order valence-corrected chi connectivity index (χ3v) is 4.35. The molecule has 1 aromatic heterocycles. The Bertz CT molecular complexity index is 462. The minimum absolute atomic E-state index is 0.315. The van der Waals surface area contributed by atoms with Crippen molar-refractivity contribution in [3.05, 3.63) is 11.4 Å².